The fourth-order valence-corrected chi connectivity index (χ4v) is 3.12. The van der Waals surface area contributed by atoms with Crippen molar-refractivity contribution in [2.45, 2.75) is 6.54 Å². The molecule has 0 N–H and O–H groups in total. The second kappa shape index (κ2) is 6.17. The number of nitrogens with zero attached hydrogens (tertiary/aromatic N) is 1. The van der Waals surface area contributed by atoms with Crippen molar-refractivity contribution in [3.8, 4) is 11.1 Å². The van der Waals surface area contributed by atoms with E-state index in [1.54, 1.807) is 0 Å². The smallest absolute Gasteiger partial charge is 0.166 e. The highest BCUT2D eigenvalue weighted by Crippen LogP contribution is 2.22. The molecule has 2 nitrogen and oxygen atoms in total. The molecule has 0 bridgehead atoms. The van der Waals surface area contributed by atoms with Gasteiger partial charge < -0.3 is 4.57 Å². The van der Waals surface area contributed by atoms with Crippen molar-refractivity contribution in [3.05, 3.63) is 96.2 Å². The summed E-state index contributed by atoms with van der Waals surface area (Å²) < 4.78 is 2.07. The highest BCUT2D eigenvalue weighted by molar-refractivity contribution is 5.89. The summed E-state index contributed by atoms with van der Waals surface area (Å²) in [5, 5.41) is 1.10. The van der Waals surface area contributed by atoms with Crippen LogP contribution in [0, 0.1) is 0 Å². The Bertz CT molecular complexity index is 982. The Hall–Kier alpha value is -3.13. The van der Waals surface area contributed by atoms with Gasteiger partial charge in [0, 0.05) is 17.4 Å². The van der Waals surface area contributed by atoms with E-state index in [-0.39, 0.29) is 0 Å². The third kappa shape index (κ3) is 2.63. The molecule has 0 saturated heterocycles. The fraction of sp³-hybridized carbons (Fsp3) is 0.0455. The van der Waals surface area contributed by atoms with Crippen LogP contribution in [-0.2, 0) is 6.54 Å². The zero-order valence-corrected chi connectivity index (χ0v) is 13.2. The first-order valence-electron chi connectivity index (χ1n) is 8.03. The summed E-state index contributed by atoms with van der Waals surface area (Å²) in [5.41, 5.74) is 5.39. The van der Waals surface area contributed by atoms with Crippen LogP contribution in [0.25, 0.3) is 22.0 Å². The Morgan fingerprint density at radius 2 is 1.42 bits per heavy atom. The summed E-state index contributed by atoms with van der Waals surface area (Å²) in [6, 6.07) is 28.9. The van der Waals surface area contributed by atoms with Gasteiger partial charge in [0.25, 0.3) is 0 Å². The van der Waals surface area contributed by atoms with Gasteiger partial charge in [-0.1, -0.05) is 72.8 Å². The summed E-state index contributed by atoms with van der Waals surface area (Å²) in [4.78, 5) is 11.4. The lowest BCUT2D eigenvalue weighted by Gasteiger charge is -2.09. The van der Waals surface area contributed by atoms with E-state index in [9.17, 15) is 4.79 Å². The minimum Gasteiger partial charge on any atom is -0.334 e. The Labute approximate surface area is 141 Å². The lowest BCUT2D eigenvalue weighted by atomic mass is 10.0. The van der Waals surface area contributed by atoms with Crippen LogP contribution in [0.3, 0.4) is 0 Å². The second-order valence-electron chi connectivity index (χ2n) is 5.89. The van der Waals surface area contributed by atoms with E-state index in [0.717, 1.165) is 17.2 Å². The summed E-state index contributed by atoms with van der Waals surface area (Å²) >= 11 is 0. The number of hydrogen-bond donors (Lipinski definition) is 0. The average molecular weight is 311 g/mol. The van der Waals surface area contributed by atoms with E-state index in [4.69, 9.17) is 0 Å². The molecule has 0 unspecified atom stereocenters. The normalized spacial score (nSPS) is 10.8. The van der Waals surface area contributed by atoms with Crippen molar-refractivity contribution in [2.75, 3.05) is 0 Å². The maximum absolute atomic E-state index is 11.4. The van der Waals surface area contributed by atoms with Gasteiger partial charge in [0.2, 0.25) is 0 Å². The predicted octanol–water partition coefficient (Wildman–Crippen LogP) is 5.17. The molecule has 3 aromatic carbocycles. The van der Waals surface area contributed by atoms with Gasteiger partial charge in [-0.05, 0) is 28.8 Å². The molecule has 1 aromatic heterocycles. The van der Waals surface area contributed by atoms with Crippen LogP contribution in [0.2, 0.25) is 0 Å². The number of carbonyl (C=O) groups excluding carboxylic acids is 1. The maximum Gasteiger partial charge on any atom is 0.166 e. The summed E-state index contributed by atoms with van der Waals surface area (Å²) in [6.45, 7) is 0.691. The SMILES string of the molecule is O=Cc1cc2ccccc2n1Cc1ccc(-c2ccccc2)cc1. The molecule has 4 rings (SSSR count). The van der Waals surface area contributed by atoms with Crippen molar-refractivity contribution < 1.29 is 4.79 Å². The van der Waals surface area contributed by atoms with Gasteiger partial charge in [0.05, 0.1) is 5.69 Å². The van der Waals surface area contributed by atoms with E-state index in [2.05, 4.69) is 47.0 Å². The number of hydrogen-bond acceptors (Lipinski definition) is 1. The third-order valence-corrected chi connectivity index (χ3v) is 4.37. The molecule has 0 saturated carbocycles. The van der Waals surface area contributed by atoms with Crippen LogP contribution in [0.1, 0.15) is 16.1 Å². The van der Waals surface area contributed by atoms with Gasteiger partial charge in [0.1, 0.15) is 0 Å². The maximum atomic E-state index is 11.4. The molecule has 0 aliphatic rings. The molecular weight excluding hydrogens is 294 g/mol. The van der Waals surface area contributed by atoms with E-state index in [0.29, 0.717) is 12.2 Å². The number of para-hydroxylation sites is 1. The molecule has 0 aliphatic heterocycles. The van der Waals surface area contributed by atoms with E-state index in [1.165, 1.54) is 16.7 Å². The van der Waals surface area contributed by atoms with Gasteiger partial charge in [-0.3, -0.25) is 4.79 Å². The molecule has 0 atom stereocenters. The first-order chi connectivity index (χ1) is 11.8. The molecule has 0 aliphatic carbocycles. The lowest BCUT2D eigenvalue weighted by molar-refractivity contribution is 0.111. The van der Waals surface area contributed by atoms with Gasteiger partial charge in [-0.15, -0.1) is 0 Å². The topological polar surface area (TPSA) is 22.0 Å². The third-order valence-electron chi connectivity index (χ3n) is 4.37. The monoisotopic (exact) mass is 311 g/mol. The largest absolute Gasteiger partial charge is 0.334 e. The van der Waals surface area contributed by atoms with Gasteiger partial charge >= 0.3 is 0 Å². The molecule has 0 radical (unpaired) electrons. The second-order valence-corrected chi connectivity index (χ2v) is 5.89. The molecule has 0 fully saturated rings. The molecule has 0 spiro atoms. The van der Waals surface area contributed by atoms with Crippen LogP contribution < -0.4 is 0 Å². The molecule has 4 aromatic rings. The summed E-state index contributed by atoms with van der Waals surface area (Å²) in [7, 11) is 0. The minimum absolute atomic E-state index is 0.691. The van der Waals surface area contributed by atoms with Crippen molar-refractivity contribution in [1.82, 2.24) is 4.57 Å². The minimum atomic E-state index is 0.691. The highest BCUT2D eigenvalue weighted by atomic mass is 16.1. The average Bonchev–Trinajstić information content (AvgIpc) is 3.01. The van der Waals surface area contributed by atoms with E-state index < -0.39 is 0 Å². The van der Waals surface area contributed by atoms with Crippen LogP contribution >= 0.6 is 0 Å². The first kappa shape index (κ1) is 14.5. The highest BCUT2D eigenvalue weighted by Gasteiger charge is 2.08. The van der Waals surface area contributed by atoms with Gasteiger partial charge in [-0.25, -0.2) is 0 Å². The standard InChI is InChI=1S/C22H17NO/c24-16-21-14-20-8-4-5-9-22(20)23(21)15-17-10-12-19(13-11-17)18-6-2-1-3-7-18/h1-14,16H,15H2. The Kier molecular flexibility index (Phi) is 3.72. The molecule has 116 valence electrons. The van der Waals surface area contributed by atoms with Crippen molar-refractivity contribution in [1.29, 1.82) is 0 Å². The molecule has 1 heterocycles. The van der Waals surface area contributed by atoms with Crippen LogP contribution in [0.4, 0.5) is 0 Å². The number of aldehydes is 1. The summed E-state index contributed by atoms with van der Waals surface area (Å²) in [5.74, 6) is 0. The summed E-state index contributed by atoms with van der Waals surface area (Å²) in [6.07, 6.45) is 0.929. The van der Waals surface area contributed by atoms with Crippen molar-refractivity contribution >= 4 is 17.2 Å². The quantitative estimate of drug-likeness (QED) is 0.477. The van der Waals surface area contributed by atoms with Crippen LogP contribution in [-0.4, -0.2) is 10.9 Å². The fourth-order valence-electron chi connectivity index (χ4n) is 3.12. The Morgan fingerprint density at radius 1 is 0.750 bits per heavy atom. The number of aromatic nitrogens is 1. The zero-order chi connectivity index (χ0) is 16.4. The van der Waals surface area contributed by atoms with E-state index in [1.807, 2.05) is 42.5 Å². The van der Waals surface area contributed by atoms with Gasteiger partial charge in [0.15, 0.2) is 6.29 Å². The number of fused-ring (bicyclic) bond motifs is 1. The first-order valence-corrected chi connectivity index (χ1v) is 8.03. The van der Waals surface area contributed by atoms with E-state index >= 15 is 0 Å². The van der Waals surface area contributed by atoms with Crippen molar-refractivity contribution in [2.24, 2.45) is 0 Å². The lowest BCUT2D eigenvalue weighted by Crippen LogP contribution is -2.03. The molecule has 2 heteroatoms. The van der Waals surface area contributed by atoms with Crippen LogP contribution in [0.5, 0.6) is 0 Å². The number of rotatable bonds is 4. The Balaban J connectivity index is 1.68. The number of benzene rings is 3. The zero-order valence-electron chi connectivity index (χ0n) is 13.2. The van der Waals surface area contributed by atoms with Crippen molar-refractivity contribution in [3.63, 3.8) is 0 Å². The molecule has 0 amide bonds. The van der Waals surface area contributed by atoms with Gasteiger partial charge in [-0.2, -0.15) is 0 Å². The molecular formula is C22H17NO. The number of carbonyl (C=O) groups is 1. The molecule has 24 heavy (non-hydrogen) atoms. The van der Waals surface area contributed by atoms with Crippen LogP contribution in [0.15, 0.2) is 84.9 Å². The Morgan fingerprint density at radius 3 is 2.17 bits per heavy atom. The predicted molar refractivity (Wildman–Crippen MR) is 98.3 cm³/mol.